The Kier molecular flexibility index (Phi) is 7.63. The summed E-state index contributed by atoms with van der Waals surface area (Å²) in [5.74, 6) is 2.10. The lowest BCUT2D eigenvalue weighted by atomic mass is 9.95. The maximum absolute atomic E-state index is 13.5. The summed E-state index contributed by atoms with van der Waals surface area (Å²) in [5.41, 5.74) is 2.70. The van der Waals surface area contributed by atoms with Gasteiger partial charge in [-0.15, -0.1) is 0 Å². The van der Waals surface area contributed by atoms with E-state index in [1.165, 1.54) is 14.2 Å². The van der Waals surface area contributed by atoms with Crippen LogP contribution in [0, 0.1) is 0 Å². The molecule has 1 aromatic heterocycles. The van der Waals surface area contributed by atoms with Gasteiger partial charge >= 0.3 is 0 Å². The highest BCUT2D eigenvalue weighted by atomic mass is 16.7. The minimum Gasteiger partial charge on any atom is -0.493 e. The number of pyridine rings is 1. The van der Waals surface area contributed by atoms with E-state index in [1.54, 1.807) is 16.7 Å². The Morgan fingerprint density at radius 1 is 1.00 bits per heavy atom. The van der Waals surface area contributed by atoms with E-state index in [0.717, 1.165) is 30.3 Å². The fraction of sp³-hybridized carbons (Fsp3) is 0.385. The number of benzene rings is 2. The number of ether oxygens (including phenoxy) is 4. The Morgan fingerprint density at radius 2 is 1.70 bits per heavy atom. The van der Waals surface area contributed by atoms with E-state index < -0.39 is 0 Å². The smallest absolute Gasteiger partial charge is 0.262 e. The van der Waals surface area contributed by atoms with Crippen molar-refractivity contribution in [2.45, 2.75) is 47.1 Å². The topological polar surface area (TPSA) is 76.0 Å². The molecular weight excluding hydrogens is 422 g/mol. The van der Waals surface area contributed by atoms with Crippen LogP contribution in [0.3, 0.4) is 0 Å². The normalized spacial score (nSPS) is 12.8. The summed E-state index contributed by atoms with van der Waals surface area (Å²) < 4.78 is 23.6. The predicted molar refractivity (Wildman–Crippen MR) is 129 cm³/mol. The third-order valence-electron chi connectivity index (χ3n) is 5.62. The molecule has 3 heterocycles. The van der Waals surface area contributed by atoms with Gasteiger partial charge in [-0.1, -0.05) is 27.7 Å². The average Bonchev–Trinajstić information content (AvgIpc) is 3.25. The lowest BCUT2D eigenvalue weighted by Gasteiger charge is -2.19. The Morgan fingerprint density at radius 3 is 2.33 bits per heavy atom. The van der Waals surface area contributed by atoms with Gasteiger partial charge in [-0.25, -0.2) is 0 Å². The molecule has 2 aliphatic rings. The summed E-state index contributed by atoms with van der Waals surface area (Å²) in [7, 11) is 3.01. The van der Waals surface area contributed by atoms with Crippen molar-refractivity contribution >= 4 is 17.1 Å². The van der Waals surface area contributed by atoms with Gasteiger partial charge in [0.05, 0.1) is 25.3 Å². The van der Waals surface area contributed by atoms with Crippen molar-refractivity contribution in [3.8, 4) is 34.3 Å². The van der Waals surface area contributed by atoms with Crippen LogP contribution >= 0.6 is 0 Å². The van der Waals surface area contributed by atoms with E-state index in [4.69, 9.17) is 18.9 Å². The van der Waals surface area contributed by atoms with Gasteiger partial charge in [0.2, 0.25) is 6.79 Å². The average molecular weight is 454 g/mol. The zero-order valence-electron chi connectivity index (χ0n) is 20.1. The first-order valence-electron chi connectivity index (χ1n) is 11.4. The largest absolute Gasteiger partial charge is 0.493 e. The Bertz CT molecular complexity index is 1230. The number of aldehydes is 1. The van der Waals surface area contributed by atoms with Crippen molar-refractivity contribution in [2.24, 2.45) is 0 Å². The second kappa shape index (κ2) is 10.4. The lowest BCUT2D eigenvalue weighted by Crippen LogP contribution is -2.24. The Hall–Kier alpha value is -3.48. The van der Waals surface area contributed by atoms with Crippen molar-refractivity contribution in [3.63, 3.8) is 0 Å². The number of methoxy groups -OCH3 is 2. The minimum atomic E-state index is -0.207. The van der Waals surface area contributed by atoms with Crippen LogP contribution in [-0.2, 0) is 13.0 Å². The van der Waals surface area contributed by atoms with Crippen LogP contribution < -0.4 is 24.5 Å². The molecule has 0 aliphatic carbocycles. The van der Waals surface area contributed by atoms with Crippen LogP contribution in [0.15, 0.2) is 29.1 Å². The molecule has 3 aromatic rings. The van der Waals surface area contributed by atoms with E-state index in [-0.39, 0.29) is 12.4 Å². The highest BCUT2D eigenvalue weighted by Gasteiger charge is 2.27. The van der Waals surface area contributed by atoms with Crippen LogP contribution in [0.2, 0.25) is 0 Å². The second-order valence-corrected chi connectivity index (χ2v) is 7.03. The number of nitrogens with zero attached hydrogens (tertiary/aromatic N) is 1. The molecule has 2 aromatic carbocycles. The van der Waals surface area contributed by atoms with Gasteiger partial charge in [0, 0.05) is 23.1 Å². The first-order valence-corrected chi connectivity index (χ1v) is 11.4. The molecule has 33 heavy (non-hydrogen) atoms. The molecule has 7 heteroatoms. The molecular formula is C26H31NO6. The standard InChI is InChI=1S/C22H19NO6.2C2H6/c1-26-16-6-5-13-15(10-24)20-14-9-18-17(28-11-29-18)8-12(14)4-3-7-23(20)22(25)19(13)21(16)27-2;2*1-2/h5-6,8-10H,3-4,7,11H2,1-2H3;2*1-2H3. The Labute approximate surface area is 193 Å². The highest BCUT2D eigenvalue weighted by Crippen LogP contribution is 2.43. The van der Waals surface area contributed by atoms with Gasteiger partial charge in [-0.05, 0) is 42.7 Å². The van der Waals surface area contributed by atoms with Crippen molar-refractivity contribution in [1.82, 2.24) is 4.57 Å². The first kappa shape index (κ1) is 24.2. The molecule has 2 aliphatic heterocycles. The van der Waals surface area contributed by atoms with Gasteiger partial charge in [0.15, 0.2) is 29.3 Å². The fourth-order valence-electron chi connectivity index (χ4n) is 4.34. The van der Waals surface area contributed by atoms with Crippen LogP contribution in [0.1, 0.15) is 50.0 Å². The number of fused-ring (bicyclic) bond motifs is 5. The zero-order valence-corrected chi connectivity index (χ0v) is 20.1. The summed E-state index contributed by atoms with van der Waals surface area (Å²) in [6.45, 7) is 8.66. The van der Waals surface area contributed by atoms with Gasteiger partial charge in [0.1, 0.15) is 0 Å². The molecule has 0 amide bonds. The van der Waals surface area contributed by atoms with Crippen molar-refractivity contribution in [3.05, 3.63) is 45.7 Å². The SMILES string of the molecule is CC.CC.COc1ccc2c(C=O)c3n(c(=O)c2c1OC)CCCc1cc2c(cc1-3)OCO2. The third kappa shape index (κ3) is 3.92. The van der Waals surface area contributed by atoms with Gasteiger partial charge in [-0.2, -0.15) is 0 Å². The second-order valence-electron chi connectivity index (χ2n) is 7.03. The maximum atomic E-state index is 13.5. The molecule has 0 saturated heterocycles. The molecule has 0 fully saturated rings. The van der Waals surface area contributed by atoms with Crippen molar-refractivity contribution in [1.29, 1.82) is 0 Å². The molecule has 0 spiro atoms. The summed E-state index contributed by atoms with van der Waals surface area (Å²) >= 11 is 0. The van der Waals surface area contributed by atoms with Crippen LogP contribution in [-0.4, -0.2) is 31.9 Å². The Balaban J connectivity index is 0.000000728. The molecule has 0 atom stereocenters. The quantitative estimate of drug-likeness (QED) is 0.506. The van der Waals surface area contributed by atoms with Crippen LogP contribution in [0.4, 0.5) is 0 Å². The van der Waals surface area contributed by atoms with Gasteiger partial charge in [-0.3, -0.25) is 9.59 Å². The summed E-state index contributed by atoms with van der Waals surface area (Å²) in [6.07, 6.45) is 2.33. The number of aromatic nitrogens is 1. The molecule has 5 rings (SSSR count). The minimum absolute atomic E-state index is 0.167. The van der Waals surface area contributed by atoms with E-state index in [9.17, 15) is 9.59 Å². The maximum Gasteiger partial charge on any atom is 0.262 e. The number of carbonyl (C=O) groups is 1. The molecule has 0 bridgehead atoms. The molecule has 0 radical (unpaired) electrons. The number of carbonyl (C=O) groups excluding carboxylic acids is 1. The molecule has 7 nitrogen and oxygen atoms in total. The summed E-state index contributed by atoms with van der Waals surface area (Å²) in [5, 5.41) is 0.890. The summed E-state index contributed by atoms with van der Waals surface area (Å²) in [6, 6.07) is 7.27. The fourth-order valence-corrected chi connectivity index (χ4v) is 4.34. The van der Waals surface area contributed by atoms with E-state index in [0.29, 0.717) is 51.6 Å². The zero-order chi connectivity index (χ0) is 24.1. The predicted octanol–water partition coefficient (Wildman–Crippen LogP) is 5.23. The van der Waals surface area contributed by atoms with Crippen molar-refractivity contribution in [2.75, 3.05) is 21.0 Å². The van der Waals surface area contributed by atoms with E-state index in [1.807, 2.05) is 39.8 Å². The molecule has 0 saturated carbocycles. The number of rotatable bonds is 3. The third-order valence-corrected chi connectivity index (χ3v) is 5.62. The number of hydrogen-bond donors (Lipinski definition) is 0. The number of hydrogen-bond acceptors (Lipinski definition) is 6. The molecule has 176 valence electrons. The first-order chi connectivity index (χ1) is 16.2. The molecule has 0 unspecified atom stereocenters. The molecule has 0 N–H and O–H groups in total. The van der Waals surface area contributed by atoms with Gasteiger partial charge in [0.25, 0.3) is 5.56 Å². The van der Waals surface area contributed by atoms with E-state index in [2.05, 4.69) is 0 Å². The highest BCUT2D eigenvalue weighted by molar-refractivity contribution is 6.06. The van der Waals surface area contributed by atoms with Gasteiger partial charge < -0.3 is 23.5 Å². The van der Waals surface area contributed by atoms with Crippen LogP contribution in [0.5, 0.6) is 23.0 Å². The van der Waals surface area contributed by atoms with E-state index >= 15 is 0 Å². The van der Waals surface area contributed by atoms with Crippen LogP contribution in [0.25, 0.3) is 22.0 Å². The monoisotopic (exact) mass is 453 g/mol. The number of aryl methyl sites for hydroxylation is 1. The van der Waals surface area contributed by atoms with Crippen molar-refractivity contribution < 1.29 is 23.7 Å². The summed E-state index contributed by atoms with van der Waals surface area (Å²) in [4.78, 5) is 25.8. The lowest BCUT2D eigenvalue weighted by molar-refractivity contribution is 0.112.